The molecule has 3 rings (SSSR count). The zero-order valence-corrected chi connectivity index (χ0v) is 14.9. The van der Waals surface area contributed by atoms with Crippen molar-refractivity contribution >= 4 is 22.8 Å². The molecular weight excluding hydrogens is 320 g/mol. The lowest BCUT2D eigenvalue weighted by Crippen LogP contribution is -2.42. The number of hydrogen-bond acceptors (Lipinski definition) is 3. The average Bonchev–Trinajstić information content (AvgIpc) is 2.76. The first-order chi connectivity index (χ1) is 11.8. The number of hydrogen-bond donors (Lipinski definition) is 2. The number of imidazole rings is 1. The molecule has 7 heteroatoms. The zero-order chi connectivity index (χ0) is 18.2. The van der Waals surface area contributed by atoms with Crippen molar-refractivity contribution in [3.05, 3.63) is 34.2 Å². The summed E-state index contributed by atoms with van der Waals surface area (Å²) in [4.78, 5) is 45.6. The van der Waals surface area contributed by atoms with E-state index in [0.29, 0.717) is 42.8 Å². The third-order valence-corrected chi connectivity index (χ3v) is 4.47. The highest BCUT2D eigenvalue weighted by atomic mass is 16.2. The molecule has 1 aromatic carbocycles. The Morgan fingerprint density at radius 2 is 1.60 bits per heavy atom. The number of fused-ring (bicyclic) bond motifs is 1. The number of amides is 2. The van der Waals surface area contributed by atoms with Gasteiger partial charge >= 0.3 is 5.69 Å². The molecule has 1 saturated heterocycles. The second kappa shape index (κ2) is 6.38. The van der Waals surface area contributed by atoms with Gasteiger partial charge in [0.2, 0.25) is 5.91 Å². The number of aromatic amines is 2. The molecule has 0 atom stereocenters. The fourth-order valence-electron chi connectivity index (χ4n) is 3.15. The summed E-state index contributed by atoms with van der Waals surface area (Å²) >= 11 is 0. The molecule has 25 heavy (non-hydrogen) atoms. The van der Waals surface area contributed by atoms with E-state index >= 15 is 0 Å². The molecule has 7 nitrogen and oxygen atoms in total. The standard InChI is InChI=1S/C18H24N4O3/c1-18(2,3)16(24)22-8-4-7-21(9-10-22)15(23)12-5-6-13-14(11-12)20-17(25)19-13/h5-6,11H,4,7-10H2,1-3H3,(H2,19,20,25). The fourth-order valence-corrected chi connectivity index (χ4v) is 3.15. The van der Waals surface area contributed by atoms with Crippen LogP contribution in [-0.4, -0.2) is 57.8 Å². The van der Waals surface area contributed by atoms with Gasteiger partial charge in [0.25, 0.3) is 5.91 Å². The summed E-state index contributed by atoms with van der Waals surface area (Å²) in [5.74, 6) is 0.0436. The molecule has 2 amide bonds. The molecule has 1 aliphatic heterocycles. The molecule has 0 unspecified atom stereocenters. The molecular formula is C18H24N4O3. The summed E-state index contributed by atoms with van der Waals surface area (Å²) in [6, 6.07) is 5.14. The fraction of sp³-hybridized carbons (Fsp3) is 0.500. The van der Waals surface area contributed by atoms with Gasteiger partial charge in [0, 0.05) is 37.2 Å². The van der Waals surface area contributed by atoms with Crippen LogP contribution in [0.25, 0.3) is 11.0 Å². The molecule has 1 fully saturated rings. The van der Waals surface area contributed by atoms with Gasteiger partial charge in [0.1, 0.15) is 0 Å². The number of benzene rings is 1. The summed E-state index contributed by atoms with van der Waals surface area (Å²) in [5, 5.41) is 0. The number of H-pyrrole nitrogens is 2. The monoisotopic (exact) mass is 344 g/mol. The third-order valence-electron chi connectivity index (χ3n) is 4.47. The summed E-state index contributed by atoms with van der Waals surface area (Å²) in [5.41, 5.74) is 1.14. The first kappa shape index (κ1) is 17.3. The average molecular weight is 344 g/mol. The molecule has 0 aliphatic carbocycles. The Morgan fingerprint density at radius 1 is 0.960 bits per heavy atom. The second-order valence-electron chi connectivity index (χ2n) is 7.53. The van der Waals surface area contributed by atoms with Gasteiger partial charge in [0.05, 0.1) is 11.0 Å². The van der Waals surface area contributed by atoms with Crippen LogP contribution < -0.4 is 5.69 Å². The van der Waals surface area contributed by atoms with Crippen molar-refractivity contribution in [2.24, 2.45) is 5.41 Å². The summed E-state index contributed by atoms with van der Waals surface area (Å²) < 4.78 is 0. The Labute approximate surface area is 146 Å². The van der Waals surface area contributed by atoms with E-state index in [2.05, 4.69) is 9.97 Å². The van der Waals surface area contributed by atoms with Gasteiger partial charge in [0.15, 0.2) is 0 Å². The lowest BCUT2D eigenvalue weighted by molar-refractivity contribution is -0.139. The normalized spacial score (nSPS) is 16.1. The van der Waals surface area contributed by atoms with E-state index < -0.39 is 5.41 Å². The maximum Gasteiger partial charge on any atom is 0.323 e. The van der Waals surface area contributed by atoms with Crippen LogP contribution in [0.5, 0.6) is 0 Å². The van der Waals surface area contributed by atoms with Crippen molar-refractivity contribution in [1.29, 1.82) is 0 Å². The predicted molar refractivity (Wildman–Crippen MR) is 95.5 cm³/mol. The zero-order valence-electron chi connectivity index (χ0n) is 14.9. The highest BCUT2D eigenvalue weighted by molar-refractivity contribution is 5.97. The minimum absolute atomic E-state index is 0.0750. The quantitative estimate of drug-likeness (QED) is 0.823. The Hall–Kier alpha value is -2.57. The van der Waals surface area contributed by atoms with Crippen LogP contribution in [0.2, 0.25) is 0 Å². The van der Waals surface area contributed by atoms with Gasteiger partial charge in [-0.25, -0.2) is 4.79 Å². The van der Waals surface area contributed by atoms with Crippen LogP contribution in [0.3, 0.4) is 0 Å². The lowest BCUT2D eigenvalue weighted by Gasteiger charge is -2.28. The smallest absolute Gasteiger partial charge is 0.323 e. The third kappa shape index (κ3) is 3.60. The maximum atomic E-state index is 12.8. The van der Waals surface area contributed by atoms with Gasteiger partial charge in [-0.1, -0.05) is 20.8 Å². The SMILES string of the molecule is CC(C)(C)C(=O)N1CCCN(C(=O)c2ccc3[nH]c(=O)[nH]c3c2)CC1. The number of aromatic nitrogens is 2. The molecule has 0 spiro atoms. The first-order valence-corrected chi connectivity index (χ1v) is 8.56. The largest absolute Gasteiger partial charge is 0.340 e. The van der Waals surface area contributed by atoms with E-state index in [0.717, 1.165) is 6.42 Å². The van der Waals surface area contributed by atoms with Crippen molar-refractivity contribution in [2.75, 3.05) is 26.2 Å². The number of rotatable bonds is 1. The Balaban J connectivity index is 1.74. The van der Waals surface area contributed by atoms with E-state index in [1.165, 1.54) is 0 Å². The van der Waals surface area contributed by atoms with Crippen molar-refractivity contribution in [1.82, 2.24) is 19.8 Å². The van der Waals surface area contributed by atoms with Crippen molar-refractivity contribution in [2.45, 2.75) is 27.2 Å². The first-order valence-electron chi connectivity index (χ1n) is 8.56. The molecule has 2 aromatic rings. The van der Waals surface area contributed by atoms with Gasteiger partial charge in [-0.05, 0) is 24.6 Å². The summed E-state index contributed by atoms with van der Waals surface area (Å²) in [7, 11) is 0. The van der Waals surface area contributed by atoms with Gasteiger partial charge in [-0.2, -0.15) is 0 Å². The molecule has 0 saturated carbocycles. The highest BCUT2D eigenvalue weighted by Crippen LogP contribution is 2.19. The van der Waals surface area contributed by atoms with Crippen LogP contribution in [0.1, 0.15) is 37.6 Å². The van der Waals surface area contributed by atoms with Crippen LogP contribution in [-0.2, 0) is 4.79 Å². The van der Waals surface area contributed by atoms with E-state index in [4.69, 9.17) is 0 Å². The summed E-state index contributed by atoms with van der Waals surface area (Å²) in [6.45, 7) is 8.09. The van der Waals surface area contributed by atoms with Crippen molar-refractivity contribution < 1.29 is 9.59 Å². The van der Waals surface area contributed by atoms with E-state index in [-0.39, 0.29) is 17.5 Å². The van der Waals surface area contributed by atoms with E-state index in [9.17, 15) is 14.4 Å². The van der Waals surface area contributed by atoms with E-state index in [1.807, 2.05) is 25.7 Å². The molecule has 0 radical (unpaired) electrons. The second-order valence-corrected chi connectivity index (χ2v) is 7.53. The summed E-state index contributed by atoms with van der Waals surface area (Å²) in [6.07, 6.45) is 0.761. The Bertz CT molecular complexity index is 859. The molecule has 0 bridgehead atoms. The molecule has 1 aliphatic rings. The molecule has 1 aromatic heterocycles. The van der Waals surface area contributed by atoms with Crippen LogP contribution in [0.15, 0.2) is 23.0 Å². The number of nitrogens with zero attached hydrogens (tertiary/aromatic N) is 2. The number of carbonyl (C=O) groups is 2. The minimum atomic E-state index is -0.412. The Kier molecular flexibility index (Phi) is 4.41. The van der Waals surface area contributed by atoms with Gasteiger partial charge in [-0.15, -0.1) is 0 Å². The number of nitrogens with one attached hydrogen (secondary N) is 2. The van der Waals surface area contributed by atoms with Gasteiger partial charge in [-0.3, -0.25) is 9.59 Å². The van der Waals surface area contributed by atoms with Gasteiger partial charge < -0.3 is 19.8 Å². The highest BCUT2D eigenvalue weighted by Gasteiger charge is 2.29. The number of carbonyl (C=O) groups excluding carboxylic acids is 2. The van der Waals surface area contributed by atoms with Crippen LogP contribution in [0, 0.1) is 5.41 Å². The minimum Gasteiger partial charge on any atom is -0.340 e. The van der Waals surface area contributed by atoms with Crippen molar-refractivity contribution in [3.8, 4) is 0 Å². The molecule has 134 valence electrons. The van der Waals surface area contributed by atoms with Crippen LogP contribution >= 0.6 is 0 Å². The lowest BCUT2D eigenvalue weighted by atomic mass is 9.94. The Morgan fingerprint density at radius 3 is 2.32 bits per heavy atom. The van der Waals surface area contributed by atoms with E-state index in [1.54, 1.807) is 23.1 Å². The molecule has 2 N–H and O–H groups in total. The topological polar surface area (TPSA) is 89.3 Å². The maximum absolute atomic E-state index is 12.8. The molecule has 2 heterocycles. The van der Waals surface area contributed by atoms with Crippen LogP contribution in [0.4, 0.5) is 0 Å². The van der Waals surface area contributed by atoms with Crippen molar-refractivity contribution in [3.63, 3.8) is 0 Å². The predicted octanol–water partition coefficient (Wildman–Crippen LogP) is 1.58.